The van der Waals surface area contributed by atoms with Crippen molar-refractivity contribution in [2.24, 2.45) is 0 Å². The molecule has 0 saturated carbocycles. The largest absolute Gasteiger partial charge is 0.480 e. The van der Waals surface area contributed by atoms with Crippen LogP contribution in [0.1, 0.15) is 15.9 Å². The highest BCUT2D eigenvalue weighted by atomic mass is 35.5. The Morgan fingerprint density at radius 3 is 2.03 bits per heavy atom. The highest BCUT2D eigenvalue weighted by molar-refractivity contribution is 6.40. The maximum Gasteiger partial charge on any atom is 0.326 e. The molecule has 35 heavy (non-hydrogen) atoms. The summed E-state index contributed by atoms with van der Waals surface area (Å²) in [6.07, 6.45) is -0.0190. The van der Waals surface area contributed by atoms with E-state index in [-0.39, 0.29) is 32.1 Å². The van der Waals surface area contributed by atoms with Crippen LogP contribution < -0.4 is 5.32 Å². The smallest absolute Gasteiger partial charge is 0.326 e. The minimum Gasteiger partial charge on any atom is -0.480 e. The number of halogens is 5. The minimum atomic E-state index is -1.26. The summed E-state index contributed by atoms with van der Waals surface area (Å²) in [5.41, 5.74) is 1.80. The van der Waals surface area contributed by atoms with Gasteiger partial charge in [0.15, 0.2) is 0 Å². The number of carboxylic acids is 1. The molecular weight excluding hydrogens is 535 g/mol. The van der Waals surface area contributed by atoms with Gasteiger partial charge in [-0.3, -0.25) is 4.79 Å². The Bertz CT molecular complexity index is 1430. The summed E-state index contributed by atoms with van der Waals surface area (Å²) in [6.45, 7) is 0. The molecule has 1 unspecified atom stereocenters. The van der Waals surface area contributed by atoms with Crippen molar-refractivity contribution in [3.63, 3.8) is 0 Å². The van der Waals surface area contributed by atoms with E-state index in [4.69, 9.17) is 46.4 Å². The van der Waals surface area contributed by atoms with E-state index in [1.54, 1.807) is 24.3 Å². The van der Waals surface area contributed by atoms with Gasteiger partial charge in [-0.1, -0.05) is 88.9 Å². The summed E-state index contributed by atoms with van der Waals surface area (Å²) < 4.78 is 13.7. The molecule has 0 heterocycles. The third kappa shape index (κ3) is 5.24. The zero-order valence-corrected chi connectivity index (χ0v) is 20.8. The molecule has 178 valence electrons. The molecule has 1 amide bonds. The van der Waals surface area contributed by atoms with Crippen LogP contribution in [0.25, 0.3) is 21.9 Å². The molecule has 0 spiro atoms. The summed E-state index contributed by atoms with van der Waals surface area (Å²) in [4.78, 5) is 24.8. The zero-order valence-electron chi connectivity index (χ0n) is 17.8. The molecular formula is C26H16Cl4FNO3. The fourth-order valence-electron chi connectivity index (χ4n) is 3.92. The molecule has 0 saturated heterocycles. The van der Waals surface area contributed by atoms with Crippen molar-refractivity contribution in [2.45, 2.75) is 12.5 Å². The van der Waals surface area contributed by atoms with E-state index in [1.165, 1.54) is 24.3 Å². The van der Waals surface area contributed by atoms with Crippen molar-refractivity contribution in [1.29, 1.82) is 0 Å². The van der Waals surface area contributed by atoms with Crippen molar-refractivity contribution in [1.82, 2.24) is 5.32 Å². The second-order valence-corrected chi connectivity index (χ2v) is 9.36. The third-order valence-electron chi connectivity index (χ3n) is 5.51. The molecule has 0 radical (unpaired) electrons. The highest BCUT2D eigenvalue weighted by Crippen LogP contribution is 2.40. The van der Waals surface area contributed by atoms with Gasteiger partial charge >= 0.3 is 5.97 Å². The lowest BCUT2D eigenvalue weighted by atomic mass is 9.92. The summed E-state index contributed by atoms with van der Waals surface area (Å²) in [5, 5.41) is 14.3. The molecule has 0 aliphatic heterocycles. The lowest BCUT2D eigenvalue weighted by Gasteiger charge is -2.18. The molecule has 0 aromatic heterocycles. The van der Waals surface area contributed by atoms with Gasteiger partial charge < -0.3 is 10.4 Å². The first-order valence-corrected chi connectivity index (χ1v) is 11.8. The molecule has 4 rings (SSSR count). The second kappa shape index (κ2) is 10.4. The number of hydrogen-bond acceptors (Lipinski definition) is 2. The number of rotatable bonds is 6. The zero-order chi connectivity index (χ0) is 25.3. The molecule has 4 aromatic carbocycles. The number of benzene rings is 4. The number of carbonyl (C=O) groups is 2. The molecule has 0 bridgehead atoms. The quantitative estimate of drug-likeness (QED) is 0.258. The topological polar surface area (TPSA) is 66.4 Å². The maximum atomic E-state index is 13.7. The van der Waals surface area contributed by atoms with Crippen LogP contribution in [0.3, 0.4) is 0 Å². The highest BCUT2D eigenvalue weighted by Gasteiger charge is 2.25. The van der Waals surface area contributed by atoms with Gasteiger partial charge in [0.25, 0.3) is 5.91 Å². The molecule has 1 atom stereocenters. The summed E-state index contributed by atoms with van der Waals surface area (Å²) >= 11 is 24.8. The van der Waals surface area contributed by atoms with Crippen molar-refractivity contribution in [3.05, 3.63) is 104 Å². The molecule has 9 heteroatoms. The number of aliphatic carboxylic acids is 1. The van der Waals surface area contributed by atoms with E-state index in [0.717, 1.165) is 10.8 Å². The van der Waals surface area contributed by atoms with Crippen LogP contribution in [-0.2, 0) is 11.2 Å². The van der Waals surface area contributed by atoms with Gasteiger partial charge in [0.2, 0.25) is 0 Å². The minimum absolute atomic E-state index is 0.00267. The fourth-order valence-corrected chi connectivity index (χ4v) is 5.16. The van der Waals surface area contributed by atoms with E-state index in [0.29, 0.717) is 16.7 Å². The van der Waals surface area contributed by atoms with Crippen LogP contribution in [-0.4, -0.2) is 23.0 Å². The van der Waals surface area contributed by atoms with Gasteiger partial charge in [0.1, 0.15) is 11.9 Å². The van der Waals surface area contributed by atoms with Crippen LogP contribution in [0.5, 0.6) is 0 Å². The van der Waals surface area contributed by atoms with E-state index >= 15 is 0 Å². The monoisotopic (exact) mass is 549 g/mol. The standard InChI is InChI=1S/C26H16Cl4FNO3/c27-18-6-3-7-19(28)24(18)25(33)32-22(26(34)35)10-13-8-9-17(16-5-2-1-4-15(13)16)23-20(29)11-14(31)12-21(23)30/h1-9,11-12,22H,10H2,(H,32,33)(H,34,35). The second-order valence-electron chi connectivity index (χ2n) is 7.73. The molecule has 0 aliphatic carbocycles. The Balaban J connectivity index is 1.73. The SMILES string of the molecule is O=C(NC(Cc1ccc(-c2c(Cl)cc(F)cc2Cl)c2ccccc12)C(=O)O)c1c(Cl)cccc1Cl. The average molecular weight is 551 g/mol. The van der Waals surface area contributed by atoms with Gasteiger partial charge in [0, 0.05) is 12.0 Å². The van der Waals surface area contributed by atoms with Crippen LogP contribution in [0.2, 0.25) is 20.1 Å². The lowest BCUT2D eigenvalue weighted by molar-refractivity contribution is -0.139. The predicted octanol–water partition coefficient (Wildman–Crippen LogP) is 7.69. The van der Waals surface area contributed by atoms with Crippen LogP contribution in [0, 0.1) is 5.82 Å². The molecule has 0 fully saturated rings. The molecule has 0 aliphatic rings. The van der Waals surface area contributed by atoms with E-state index in [2.05, 4.69) is 5.32 Å². The van der Waals surface area contributed by atoms with Gasteiger partial charge in [-0.15, -0.1) is 0 Å². The summed E-state index contributed by atoms with van der Waals surface area (Å²) in [5.74, 6) is -2.47. The van der Waals surface area contributed by atoms with E-state index in [1.807, 2.05) is 18.2 Å². The first-order chi connectivity index (χ1) is 16.7. The number of carbonyl (C=O) groups excluding carboxylic acids is 1. The van der Waals surface area contributed by atoms with Crippen LogP contribution in [0.4, 0.5) is 4.39 Å². The molecule has 4 nitrogen and oxygen atoms in total. The number of carboxylic acid groups (broad SMARTS) is 1. The first kappa shape index (κ1) is 25.3. The third-order valence-corrected chi connectivity index (χ3v) is 6.73. The Labute approximate surface area is 220 Å². The Morgan fingerprint density at radius 2 is 1.43 bits per heavy atom. The Kier molecular flexibility index (Phi) is 7.53. The van der Waals surface area contributed by atoms with Crippen LogP contribution >= 0.6 is 46.4 Å². The normalized spacial score (nSPS) is 11.9. The number of amides is 1. The summed E-state index contributed by atoms with van der Waals surface area (Å²) in [7, 11) is 0. The predicted molar refractivity (Wildman–Crippen MR) is 138 cm³/mol. The van der Waals surface area contributed by atoms with Crippen molar-refractivity contribution < 1.29 is 19.1 Å². The molecule has 2 N–H and O–H groups in total. The van der Waals surface area contributed by atoms with Gasteiger partial charge in [-0.2, -0.15) is 0 Å². The van der Waals surface area contributed by atoms with Gasteiger partial charge in [0.05, 0.1) is 25.7 Å². The Morgan fingerprint density at radius 1 is 0.829 bits per heavy atom. The Hall–Kier alpha value is -2.83. The first-order valence-electron chi connectivity index (χ1n) is 10.3. The lowest BCUT2D eigenvalue weighted by Crippen LogP contribution is -2.42. The molecule has 4 aromatic rings. The van der Waals surface area contributed by atoms with Gasteiger partial charge in [-0.25, -0.2) is 9.18 Å². The van der Waals surface area contributed by atoms with E-state index < -0.39 is 23.7 Å². The van der Waals surface area contributed by atoms with Crippen molar-refractivity contribution in [3.8, 4) is 11.1 Å². The van der Waals surface area contributed by atoms with Crippen LogP contribution in [0.15, 0.2) is 66.7 Å². The van der Waals surface area contributed by atoms with Crippen molar-refractivity contribution >= 4 is 69.1 Å². The average Bonchev–Trinajstić information content (AvgIpc) is 2.79. The van der Waals surface area contributed by atoms with E-state index in [9.17, 15) is 19.1 Å². The number of fused-ring (bicyclic) bond motifs is 1. The fraction of sp³-hybridized carbons (Fsp3) is 0.0769. The maximum absolute atomic E-state index is 13.7. The number of nitrogens with one attached hydrogen (secondary N) is 1. The summed E-state index contributed by atoms with van der Waals surface area (Å²) in [6, 6.07) is 16.4. The van der Waals surface area contributed by atoms with Gasteiger partial charge in [-0.05, 0) is 46.2 Å². The van der Waals surface area contributed by atoms with Crippen molar-refractivity contribution in [2.75, 3.05) is 0 Å². The number of hydrogen-bond donors (Lipinski definition) is 2.